The van der Waals surface area contributed by atoms with Crippen LogP contribution in [0.4, 0.5) is 5.69 Å². The van der Waals surface area contributed by atoms with Gasteiger partial charge in [-0.3, -0.25) is 0 Å². The monoisotopic (exact) mass is 322 g/mol. The molecule has 0 aliphatic heterocycles. The summed E-state index contributed by atoms with van der Waals surface area (Å²) in [4.78, 5) is 0. The summed E-state index contributed by atoms with van der Waals surface area (Å²) in [5, 5.41) is 22.5. The molecule has 0 amide bonds. The van der Waals surface area contributed by atoms with Gasteiger partial charge >= 0.3 is 0 Å². The number of benzene rings is 1. The number of rotatable bonds is 3. The first-order chi connectivity index (χ1) is 9.10. The highest BCUT2D eigenvalue weighted by Crippen LogP contribution is 2.36. The van der Waals surface area contributed by atoms with Gasteiger partial charge in [0.2, 0.25) is 0 Å². The summed E-state index contributed by atoms with van der Waals surface area (Å²) in [6.45, 7) is 2.33. The number of aliphatic hydroxyl groups excluding tert-OH is 1. The lowest BCUT2D eigenvalue weighted by molar-refractivity contribution is 0.149. The zero-order chi connectivity index (χ0) is 13.9. The second-order valence-corrected chi connectivity index (χ2v) is 6.39. The minimum Gasteiger partial charge on any atom is -0.394 e. The Bertz CT molecular complexity index is 497. The van der Waals surface area contributed by atoms with Gasteiger partial charge < -0.3 is 10.4 Å². The van der Waals surface area contributed by atoms with Gasteiger partial charge in [0.25, 0.3) is 0 Å². The van der Waals surface area contributed by atoms with Crippen LogP contribution < -0.4 is 5.32 Å². The molecule has 2 rings (SSSR count). The molecule has 1 fully saturated rings. The molecule has 2 N–H and O–H groups in total. The summed E-state index contributed by atoms with van der Waals surface area (Å²) < 4.78 is 0.789. The molecule has 1 aromatic rings. The van der Waals surface area contributed by atoms with Crippen molar-refractivity contribution in [2.24, 2.45) is 5.92 Å². The molecule has 0 spiro atoms. The topological polar surface area (TPSA) is 56.0 Å². The average Bonchev–Trinajstić information content (AvgIpc) is 2.39. The highest BCUT2D eigenvalue weighted by Gasteiger charge is 2.34. The lowest BCUT2D eigenvalue weighted by Crippen LogP contribution is -2.46. The van der Waals surface area contributed by atoms with Crippen molar-refractivity contribution in [1.29, 1.82) is 5.26 Å². The van der Waals surface area contributed by atoms with Crippen molar-refractivity contribution in [2.75, 3.05) is 11.9 Å². The highest BCUT2D eigenvalue weighted by molar-refractivity contribution is 9.10. The molecule has 19 heavy (non-hydrogen) atoms. The molecular weight excluding hydrogens is 304 g/mol. The van der Waals surface area contributed by atoms with E-state index >= 15 is 0 Å². The van der Waals surface area contributed by atoms with Crippen LogP contribution in [0.1, 0.15) is 38.2 Å². The van der Waals surface area contributed by atoms with Crippen LogP contribution >= 0.6 is 15.9 Å². The number of anilines is 1. The number of nitrogens with zero attached hydrogens (tertiary/aromatic N) is 1. The van der Waals surface area contributed by atoms with E-state index in [2.05, 4.69) is 34.2 Å². The van der Waals surface area contributed by atoms with E-state index in [1.54, 1.807) is 0 Å². The van der Waals surface area contributed by atoms with E-state index in [4.69, 9.17) is 0 Å². The summed E-state index contributed by atoms with van der Waals surface area (Å²) in [7, 11) is 0. The normalized spacial score (nSPS) is 26.7. The Hall–Kier alpha value is -1.05. The first kappa shape index (κ1) is 14.4. The molecule has 0 bridgehead atoms. The summed E-state index contributed by atoms with van der Waals surface area (Å²) in [6, 6.07) is 7.89. The fourth-order valence-corrected chi connectivity index (χ4v) is 3.44. The van der Waals surface area contributed by atoms with Crippen LogP contribution in [0, 0.1) is 17.2 Å². The van der Waals surface area contributed by atoms with Gasteiger partial charge in [0.1, 0.15) is 6.07 Å². The number of halogens is 1. The van der Waals surface area contributed by atoms with Crippen molar-refractivity contribution < 1.29 is 5.11 Å². The van der Waals surface area contributed by atoms with Crippen molar-refractivity contribution in [3.8, 4) is 6.07 Å². The van der Waals surface area contributed by atoms with Crippen LogP contribution in [0.3, 0.4) is 0 Å². The minimum atomic E-state index is -0.288. The van der Waals surface area contributed by atoms with E-state index in [1.165, 1.54) is 6.42 Å². The second-order valence-electron chi connectivity index (χ2n) is 5.54. The molecule has 1 aromatic carbocycles. The molecule has 3 nitrogen and oxygen atoms in total. The molecule has 4 heteroatoms. The Labute approximate surface area is 122 Å². The van der Waals surface area contributed by atoms with Crippen LogP contribution in [0.5, 0.6) is 0 Å². The molecule has 0 heterocycles. The molecule has 102 valence electrons. The van der Waals surface area contributed by atoms with E-state index in [1.807, 2.05) is 18.2 Å². The van der Waals surface area contributed by atoms with E-state index in [-0.39, 0.29) is 12.1 Å². The quantitative estimate of drug-likeness (QED) is 0.892. The van der Waals surface area contributed by atoms with Crippen molar-refractivity contribution in [2.45, 2.75) is 38.1 Å². The molecule has 1 aliphatic rings. The van der Waals surface area contributed by atoms with Crippen LogP contribution in [0.2, 0.25) is 0 Å². The second kappa shape index (κ2) is 5.94. The zero-order valence-corrected chi connectivity index (χ0v) is 12.7. The number of aliphatic hydroxyl groups is 1. The SMILES string of the molecule is CC1CCCC(CO)(Nc2cccc(Br)c2C#N)C1. The third-order valence-electron chi connectivity index (χ3n) is 3.92. The maximum absolute atomic E-state index is 9.80. The van der Waals surface area contributed by atoms with Crippen molar-refractivity contribution >= 4 is 21.6 Å². The number of nitriles is 1. The van der Waals surface area contributed by atoms with Gasteiger partial charge in [0.15, 0.2) is 0 Å². The number of nitrogens with one attached hydrogen (secondary N) is 1. The van der Waals surface area contributed by atoms with Gasteiger partial charge in [0.05, 0.1) is 23.4 Å². The third-order valence-corrected chi connectivity index (χ3v) is 4.58. The van der Waals surface area contributed by atoms with Gasteiger partial charge in [-0.15, -0.1) is 0 Å². The van der Waals surface area contributed by atoms with Gasteiger partial charge in [-0.25, -0.2) is 0 Å². The van der Waals surface area contributed by atoms with Crippen LogP contribution in [-0.4, -0.2) is 17.3 Å². The maximum atomic E-state index is 9.80. The molecule has 0 radical (unpaired) electrons. The first-order valence-corrected chi connectivity index (χ1v) is 7.47. The Morgan fingerprint density at radius 2 is 2.37 bits per heavy atom. The van der Waals surface area contributed by atoms with Crippen molar-refractivity contribution in [3.05, 3.63) is 28.2 Å². The Balaban J connectivity index is 2.28. The summed E-state index contributed by atoms with van der Waals surface area (Å²) in [6.07, 6.45) is 4.23. The summed E-state index contributed by atoms with van der Waals surface area (Å²) in [5.74, 6) is 0.603. The zero-order valence-electron chi connectivity index (χ0n) is 11.1. The number of hydrogen-bond donors (Lipinski definition) is 2. The van der Waals surface area contributed by atoms with Gasteiger partial charge in [-0.05, 0) is 46.8 Å². The van der Waals surface area contributed by atoms with Gasteiger partial charge in [-0.1, -0.05) is 25.8 Å². The Kier molecular flexibility index (Phi) is 4.49. The Morgan fingerprint density at radius 1 is 1.58 bits per heavy atom. The minimum absolute atomic E-state index is 0.106. The molecule has 0 aromatic heterocycles. The highest BCUT2D eigenvalue weighted by atomic mass is 79.9. The molecule has 1 aliphatic carbocycles. The largest absolute Gasteiger partial charge is 0.394 e. The average molecular weight is 323 g/mol. The fraction of sp³-hybridized carbons (Fsp3) is 0.533. The lowest BCUT2D eigenvalue weighted by Gasteiger charge is -2.40. The first-order valence-electron chi connectivity index (χ1n) is 6.68. The standard InChI is InChI=1S/C15H19BrN2O/c1-11-4-3-7-15(8-11,10-19)18-14-6-2-5-13(16)12(14)9-17/h2,5-6,11,18-19H,3-4,7-8,10H2,1H3. The molecule has 2 unspecified atom stereocenters. The third kappa shape index (κ3) is 3.10. The van der Waals surface area contributed by atoms with Crippen LogP contribution in [-0.2, 0) is 0 Å². The summed E-state index contributed by atoms with van der Waals surface area (Å²) >= 11 is 3.40. The van der Waals surface area contributed by atoms with Crippen LogP contribution in [0.15, 0.2) is 22.7 Å². The number of hydrogen-bond acceptors (Lipinski definition) is 3. The molecular formula is C15H19BrN2O. The van der Waals surface area contributed by atoms with Crippen molar-refractivity contribution in [3.63, 3.8) is 0 Å². The van der Waals surface area contributed by atoms with Gasteiger partial charge in [-0.2, -0.15) is 5.26 Å². The predicted molar refractivity (Wildman–Crippen MR) is 79.9 cm³/mol. The predicted octanol–water partition coefficient (Wildman–Crippen LogP) is 3.67. The summed E-state index contributed by atoms with van der Waals surface area (Å²) in [5.41, 5.74) is 1.12. The van der Waals surface area contributed by atoms with E-state index in [0.29, 0.717) is 11.5 Å². The van der Waals surface area contributed by atoms with E-state index < -0.39 is 0 Å². The smallest absolute Gasteiger partial charge is 0.103 e. The van der Waals surface area contributed by atoms with Crippen LogP contribution in [0.25, 0.3) is 0 Å². The maximum Gasteiger partial charge on any atom is 0.103 e. The van der Waals surface area contributed by atoms with Gasteiger partial charge in [0, 0.05) is 4.47 Å². The Morgan fingerprint density at radius 3 is 3.00 bits per heavy atom. The van der Waals surface area contributed by atoms with Crippen molar-refractivity contribution in [1.82, 2.24) is 0 Å². The molecule has 1 saturated carbocycles. The van der Waals surface area contributed by atoms with E-state index in [9.17, 15) is 10.4 Å². The lowest BCUT2D eigenvalue weighted by atomic mass is 9.76. The molecule has 2 atom stereocenters. The van der Waals surface area contributed by atoms with E-state index in [0.717, 1.165) is 29.4 Å². The molecule has 0 saturated heterocycles. The fourth-order valence-electron chi connectivity index (χ4n) is 2.98.